The number of rotatable bonds is 5. The summed E-state index contributed by atoms with van der Waals surface area (Å²) in [5, 5.41) is 5.33. The topological polar surface area (TPSA) is 58.2 Å². The van der Waals surface area contributed by atoms with E-state index < -0.39 is 0 Å². The van der Waals surface area contributed by atoms with Crippen LogP contribution in [0.5, 0.6) is 0 Å². The van der Waals surface area contributed by atoms with Crippen LogP contribution in [-0.2, 0) is 4.79 Å². The molecular formula is C12H18N2O2S. The normalized spacial score (nSPS) is 10.1. The lowest BCUT2D eigenvalue weighted by Gasteiger charge is -2.05. The highest BCUT2D eigenvalue weighted by Crippen LogP contribution is 2.20. The number of carbonyl (C=O) groups excluding carboxylic acids is 2. The summed E-state index contributed by atoms with van der Waals surface area (Å²) in [4.78, 5) is 25.2. The van der Waals surface area contributed by atoms with Crippen LogP contribution in [0.3, 0.4) is 0 Å². The molecule has 0 bridgehead atoms. The molecule has 0 fully saturated rings. The molecule has 0 aliphatic heterocycles. The number of hydrogen-bond acceptors (Lipinski definition) is 3. The third-order valence-electron chi connectivity index (χ3n) is 2.27. The van der Waals surface area contributed by atoms with Crippen LogP contribution in [0.15, 0.2) is 6.07 Å². The van der Waals surface area contributed by atoms with Gasteiger partial charge < -0.3 is 10.6 Å². The summed E-state index contributed by atoms with van der Waals surface area (Å²) in [5.41, 5.74) is 0.663. The molecule has 1 aromatic rings. The van der Waals surface area contributed by atoms with Crippen molar-refractivity contribution < 1.29 is 9.59 Å². The smallest absolute Gasteiger partial charge is 0.252 e. The maximum atomic E-state index is 11.8. The van der Waals surface area contributed by atoms with Crippen molar-refractivity contribution in [2.45, 2.75) is 27.2 Å². The second-order valence-electron chi connectivity index (χ2n) is 3.86. The van der Waals surface area contributed by atoms with Gasteiger partial charge in [0.15, 0.2) is 0 Å². The molecule has 0 aliphatic rings. The summed E-state index contributed by atoms with van der Waals surface area (Å²) >= 11 is 1.58. The van der Waals surface area contributed by atoms with E-state index in [2.05, 4.69) is 10.6 Å². The van der Waals surface area contributed by atoms with Crippen molar-refractivity contribution in [3.05, 3.63) is 21.4 Å². The molecule has 0 saturated heterocycles. The van der Waals surface area contributed by atoms with Gasteiger partial charge in [0.25, 0.3) is 5.91 Å². The zero-order valence-corrected chi connectivity index (χ0v) is 11.2. The van der Waals surface area contributed by atoms with E-state index in [9.17, 15) is 9.59 Å². The summed E-state index contributed by atoms with van der Waals surface area (Å²) in [6, 6.07) is 1.85. The van der Waals surface area contributed by atoms with Crippen LogP contribution in [0.4, 0.5) is 0 Å². The number of carbonyl (C=O) groups is 2. The van der Waals surface area contributed by atoms with Crippen molar-refractivity contribution in [1.29, 1.82) is 0 Å². The molecule has 4 nitrogen and oxygen atoms in total. The predicted octanol–water partition coefficient (Wildman–Crippen LogP) is 1.62. The van der Waals surface area contributed by atoms with Crippen molar-refractivity contribution in [2.24, 2.45) is 0 Å². The molecule has 0 radical (unpaired) electrons. The molecule has 1 rings (SSSR count). The predicted molar refractivity (Wildman–Crippen MR) is 69.4 cm³/mol. The highest BCUT2D eigenvalue weighted by atomic mass is 32.1. The van der Waals surface area contributed by atoms with Gasteiger partial charge >= 0.3 is 0 Å². The van der Waals surface area contributed by atoms with Crippen molar-refractivity contribution in [3.63, 3.8) is 0 Å². The Hall–Kier alpha value is -1.36. The standard InChI is InChI=1S/C12H18N2O2S/c1-4-5-13-11(15)7-14-12(16)10-6-8(2)17-9(10)3/h6H,4-5,7H2,1-3H3,(H,13,15)(H,14,16). The van der Waals surface area contributed by atoms with Crippen LogP contribution in [0.1, 0.15) is 33.5 Å². The zero-order chi connectivity index (χ0) is 12.8. The van der Waals surface area contributed by atoms with Crippen molar-refractivity contribution in [1.82, 2.24) is 10.6 Å². The van der Waals surface area contributed by atoms with Crippen LogP contribution in [0.25, 0.3) is 0 Å². The fourth-order valence-corrected chi connectivity index (χ4v) is 2.36. The highest BCUT2D eigenvalue weighted by molar-refractivity contribution is 7.12. The van der Waals surface area contributed by atoms with Gasteiger partial charge in [0.05, 0.1) is 12.1 Å². The summed E-state index contributed by atoms with van der Waals surface area (Å²) in [5.74, 6) is -0.330. The van der Waals surface area contributed by atoms with Crippen LogP contribution in [-0.4, -0.2) is 24.9 Å². The second kappa shape index (κ2) is 6.39. The molecule has 0 aromatic carbocycles. The SMILES string of the molecule is CCCNC(=O)CNC(=O)c1cc(C)sc1C. The Morgan fingerprint density at radius 3 is 2.53 bits per heavy atom. The first kappa shape index (κ1) is 13.7. The van der Waals surface area contributed by atoms with E-state index in [0.29, 0.717) is 12.1 Å². The Morgan fingerprint density at radius 2 is 2.00 bits per heavy atom. The van der Waals surface area contributed by atoms with Gasteiger partial charge in [0.1, 0.15) is 0 Å². The minimum atomic E-state index is -0.182. The van der Waals surface area contributed by atoms with Crippen molar-refractivity contribution in [3.8, 4) is 0 Å². The van der Waals surface area contributed by atoms with Crippen molar-refractivity contribution >= 4 is 23.2 Å². The highest BCUT2D eigenvalue weighted by Gasteiger charge is 2.12. The van der Waals surface area contributed by atoms with Crippen LogP contribution < -0.4 is 10.6 Å². The van der Waals surface area contributed by atoms with E-state index >= 15 is 0 Å². The average Bonchev–Trinajstić information content (AvgIpc) is 2.62. The molecule has 5 heteroatoms. The monoisotopic (exact) mass is 254 g/mol. The molecule has 2 amide bonds. The first-order valence-corrected chi connectivity index (χ1v) is 6.48. The first-order chi connectivity index (χ1) is 8.04. The Labute approximate surface area is 105 Å². The molecule has 2 N–H and O–H groups in total. The molecule has 94 valence electrons. The van der Waals surface area contributed by atoms with E-state index in [4.69, 9.17) is 0 Å². The Morgan fingerprint density at radius 1 is 1.29 bits per heavy atom. The Balaban J connectivity index is 2.45. The Kier molecular flexibility index (Phi) is 5.15. The van der Waals surface area contributed by atoms with E-state index in [1.165, 1.54) is 0 Å². The van der Waals surface area contributed by atoms with Gasteiger partial charge in [-0.3, -0.25) is 9.59 Å². The lowest BCUT2D eigenvalue weighted by Crippen LogP contribution is -2.37. The van der Waals surface area contributed by atoms with Gasteiger partial charge in [-0.1, -0.05) is 6.92 Å². The largest absolute Gasteiger partial charge is 0.355 e. The maximum Gasteiger partial charge on any atom is 0.252 e. The summed E-state index contributed by atoms with van der Waals surface area (Å²) in [6.45, 7) is 6.53. The van der Waals surface area contributed by atoms with Crippen molar-refractivity contribution in [2.75, 3.05) is 13.1 Å². The summed E-state index contributed by atoms with van der Waals surface area (Å²) in [7, 11) is 0. The summed E-state index contributed by atoms with van der Waals surface area (Å²) < 4.78 is 0. The van der Waals surface area contributed by atoms with E-state index in [-0.39, 0.29) is 18.4 Å². The molecular weight excluding hydrogens is 236 g/mol. The number of hydrogen-bond donors (Lipinski definition) is 2. The van der Waals surface area contributed by atoms with E-state index in [1.807, 2.05) is 26.8 Å². The molecule has 0 saturated carbocycles. The summed E-state index contributed by atoms with van der Waals surface area (Å²) in [6.07, 6.45) is 0.891. The Bertz CT molecular complexity index is 413. The zero-order valence-electron chi connectivity index (χ0n) is 10.4. The minimum Gasteiger partial charge on any atom is -0.355 e. The van der Waals surface area contributed by atoms with Gasteiger partial charge in [-0.25, -0.2) is 0 Å². The van der Waals surface area contributed by atoms with Gasteiger partial charge in [-0.2, -0.15) is 0 Å². The molecule has 1 heterocycles. The average molecular weight is 254 g/mol. The number of thiophene rings is 1. The fraction of sp³-hybridized carbons (Fsp3) is 0.500. The fourth-order valence-electron chi connectivity index (χ4n) is 1.44. The minimum absolute atomic E-state index is 0.0349. The van der Waals surface area contributed by atoms with E-state index in [1.54, 1.807) is 11.3 Å². The number of nitrogens with one attached hydrogen (secondary N) is 2. The number of aryl methyl sites for hydroxylation is 2. The third-order valence-corrected chi connectivity index (χ3v) is 3.23. The van der Waals surface area contributed by atoms with Gasteiger partial charge in [-0.05, 0) is 26.3 Å². The molecule has 0 aliphatic carbocycles. The van der Waals surface area contributed by atoms with Gasteiger partial charge in [-0.15, -0.1) is 11.3 Å². The van der Waals surface area contributed by atoms with E-state index in [0.717, 1.165) is 16.2 Å². The van der Waals surface area contributed by atoms with Crippen LogP contribution in [0, 0.1) is 13.8 Å². The molecule has 17 heavy (non-hydrogen) atoms. The lowest BCUT2D eigenvalue weighted by atomic mass is 10.2. The number of amides is 2. The van der Waals surface area contributed by atoms with Gasteiger partial charge in [0, 0.05) is 16.3 Å². The lowest BCUT2D eigenvalue weighted by molar-refractivity contribution is -0.120. The van der Waals surface area contributed by atoms with Crippen LogP contribution in [0.2, 0.25) is 0 Å². The quantitative estimate of drug-likeness (QED) is 0.839. The first-order valence-electron chi connectivity index (χ1n) is 5.66. The molecule has 0 spiro atoms. The van der Waals surface area contributed by atoms with Gasteiger partial charge in [0.2, 0.25) is 5.91 Å². The second-order valence-corrected chi connectivity index (χ2v) is 5.32. The molecule has 1 aromatic heterocycles. The maximum absolute atomic E-state index is 11.8. The van der Waals surface area contributed by atoms with Crippen LogP contribution >= 0.6 is 11.3 Å². The molecule has 0 atom stereocenters. The molecule has 0 unspecified atom stereocenters. The third kappa shape index (κ3) is 4.19.